The molecular weight excluding hydrogens is 330 g/mol. The maximum Gasteiger partial charge on any atom is 0.248 e. The minimum atomic E-state index is -0.505. The van der Waals surface area contributed by atoms with Crippen LogP contribution in [0.4, 0.5) is 5.69 Å². The monoisotopic (exact) mass is 359 g/mol. The van der Waals surface area contributed by atoms with Crippen LogP contribution in [-0.4, -0.2) is 62.1 Å². The fourth-order valence-electron chi connectivity index (χ4n) is 2.89. The van der Waals surface area contributed by atoms with Crippen LogP contribution in [0.25, 0.3) is 0 Å². The highest BCUT2D eigenvalue weighted by Gasteiger charge is 2.21. The standard InChI is InChI=1S/C20H29N3O3/c1-3-16-26-17(2)20(25)21-11-7-10-19(24)23-14-12-22(13-15-23)18-8-5-4-6-9-18/h3-6,8-9,17H,1,7,10-16H2,2H3,(H,21,25). The second-order valence-corrected chi connectivity index (χ2v) is 6.36. The molecule has 142 valence electrons. The summed E-state index contributed by atoms with van der Waals surface area (Å²) in [5.74, 6) is -0.00121. The minimum absolute atomic E-state index is 0.155. The normalized spacial score (nSPS) is 15.4. The molecule has 26 heavy (non-hydrogen) atoms. The number of carbonyl (C=O) groups excluding carboxylic acids is 2. The zero-order valence-electron chi connectivity index (χ0n) is 15.5. The van der Waals surface area contributed by atoms with E-state index in [-0.39, 0.29) is 11.8 Å². The highest BCUT2D eigenvalue weighted by molar-refractivity contribution is 5.80. The van der Waals surface area contributed by atoms with Crippen molar-refractivity contribution in [2.24, 2.45) is 0 Å². The Bertz CT molecular complexity index is 583. The second-order valence-electron chi connectivity index (χ2n) is 6.36. The Hall–Kier alpha value is -2.34. The lowest BCUT2D eigenvalue weighted by atomic mass is 10.2. The maximum absolute atomic E-state index is 12.3. The third kappa shape index (κ3) is 6.19. The molecule has 1 aromatic carbocycles. The van der Waals surface area contributed by atoms with Gasteiger partial charge in [0.25, 0.3) is 0 Å². The van der Waals surface area contributed by atoms with Gasteiger partial charge in [-0.1, -0.05) is 24.3 Å². The summed E-state index contributed by atoms with van der Waals surface area (Å²) >= 11 is 0. The molecule has 0 aromatic heterocycles. The molecular formula is C20H29N3O3. The predicted molar refractivity (Wildman–Crippen MR) is 103 cm³/mol. The van der Waals surface area contributed by atoms with Gasteiger partial charge in [-0.15, -0.1) is 6.58 Å². The van der Waals surface area contributed by atoms with Gasteiger partial charge in [-0.3, -0.25) is 9.59 Å². The van der Waals surface area contributed by atoms with Crippen molar-refractivity contribution in [2.75, 3.05) is 44.2 Å². The van der Waals surface area contributed by atoms with Crippen LogP contribution >= 0.6 is 0 Å². The van der Waals surface area contributed by atoms with Gasteiger partial charge in [-0.05, 0) is 25.5 Å². The molecule has 1 aliphatic heterocycles. The Morgan fingerprint density at radius 1 is 1.23 bits per heavy atom. The van der Waals surface area contributed by atoms with Crippen molar-refractivity contribution in [3.63, 3.8) is 0 Å². The van der Waals surface area contributed by atoms with Gasteiger partial charge in [-0.2, -0.15) is 0 Å². The number of anilines is 1. The zero-order chi connectivity index (χ0) is 18.8. The van der Waals surface area contributed by atoms with Crippen LogP contribution in [0.1, 0.15) is 19.8 Å². The van der Waals surface area contributed by atoms with Gasteiger partial charge >= 0.3 is 0 Å². The van der Waals surface area contributed by atoms with E-state index in [1.54, 1.807) is 13.0 Å². The molecule has 0 saturated carbocycles. The van der Waals surface area contributed by atoms with Crippen molar-refractivity contribution in [3.05, 3.63) is 43.0 Å². The highest BCUT2D eigenvalue weighted by atomic mass is 16.5. The van der Waals surface area contributed by atoms with Gasteiger partial charge < -0.3 is 19.9 Å². The van der Waals surface area contributed by atoms with Crippen molar-refractivity contribution in [2.45, 2.75) is 25.9 Å². The molecule has 1 aliphatic rings. The number of para-hydroxylation sites is 1. The summed E-state index contributed by atoms with van der Waals surface area (Å²) in [6, 6.07) is 10.3. The number of amides is 2. The number of hydrogen-bond donors (Lipinski definition) is 1. The Labute approximate surface area is 155 Å². The summed E-state index contributed by atoms with van der Waals surface area (Å²) in [7, 11) is 0. The topological polar surface area (TPSA) is 61.9 Å². The molecule has 6 heteroatoms. The van der Waals surface area contributed by atoms with Crippen molar-refractivity contribution >= 4 is 17.5 Å². The summed E-state index contributed by atoms with van der Waals surface area (Å²) in [4.78, 5) is 28.3. The van der Waals surface area contributed by atoms with Crippen LogP contribution in [0.2, 0.25) is 0 Å². The number of carbonyl (C=O) groups is 2. The largest absolute Gasteiger partial charge is 0.368 e. The lowest BCUT2D eigenvalue weighted by Crippen LogP contribution is -2.48. The van der Waals surface area contributed by atoms with E-state index in [9.17, 15) is 9.59 Å². The van der Waals surface area contributed by atoms with E-state index in [0.29, 0.717) is 26.0 Å². The smallest absolute Gasteiger partial charge is 0.248 e. The van der Waals surface area contributed by atoms with E-state index in [1.165, 1.54) is 5.69 Å². The molecule has 6 nitrogen and oxygen atoms in total. The Morgan fingerprint density at radius 3 is 2.58 bits per heavy atom. The average molecular weight is 359 g/mol. The summed E-state index contributed by atoms with van der Waals surface area (Å²) in [6.45, 7) is 9.28. The van der Waals surface area contributed by atoms with Crippen molar-refractivity contribution < 1.29 is 14.3 Å². The first-order valence-corrected chi connectivity index (χ1v) is 9.20. The lowest BCUT2D eigenvalue weighted by molar-refractivity contribution is -0.133. The Balaban J connectivity index is 1.62. The van der Waals surface area contributed by atoms with Crippen molar-refractivity contribution in [1.29, 1.82) is 0 Å². The minimum Gasteiger partial charge on any atom is -0.368 e. The van der Waals surface area contributed by atoms with Crippen LogP contribution in [0.3, 0.4) is 0 Å². The van der Waals surface area contributed by atoms with Gasteiger partial charge in [0.15, 0.2) is 0 Å². The first-order valence-electron chi connectivity index (χ1n) is 9.20. The molecule has 0 radical (unpaired) electrons. The molecule has 1 N–H and O–H groups in total. The molecule has 1 aromatic rings. The van der Waals surface area contributed by atoms with Gasteiger partial charge in [-0.25, -0.2) is 0 Å². The van der Waals surface area contributed by atoms with Crippen LogP contribution < -0.4 is 10.2 Å². The third-order valence-electron chi connectivity index (χ3n) is 4.45. The quantitative estimate of drug-likeness (QED) is 0.540. The van der Waals surface area contributed by atoms with Gasteiger partial charge in [0.2, 0.25) is 11.8 Å². The van der Waals surface area contributed by atoms with Gasteiger partial charge in [0, 0.05) is 44.8 Å². The SMILES string of the molecule is C=CCOC(C)C(=O)NCCCC(=O)N1CCN(c2ccccc2)CC1. The van der Waals surface area contributed by atoms with E-state index in [1.807, 2.05) is 23.1 Å². The van der Waals surface area contributed by atoms with E-state index in [0.717, 1.165) is 26.2 Å². The maximum atomic E-state index is 12.3. The van der Waals surface area contributed by atoms with E-state index >= 15 is 0 Å². The Kier molecular flexibility index (Phi) is 8.15. The average Bonchev–Trinajstić information content (AvgIpc) is 2.69. The molecule has 1 fully saturated rings. The number of nitrogens with one attached hydrogen (secondary N) is 1. The number of ether oxygens (including phenoxy) is 1. The lowest BCUT2D eigenvalue weighted by Gasteiger charge is -2.36. The summed E-state index contributed by atoms with van der Waals surface area (Å²) in [6.07, 6.45) is 2.19. The molecule has 0 spiro atoms. The number of rotatable bonds is 9. The highest BCUT2D eigenvalue weighted by Crippen LogP contribution is 2.16. The van der Waals surface area contributed by atoms with E-state index < -0.39 is 6.10 Å². The molecule has 1 heterocycles. The fraction of sp³-hybridized carbons (Fsp3) is 0.500. The second kappa shape index (κ2) is 10.6. The first kappa shape index (κ1) is 20.0. The number of hydrogen-bond acceptors (Lipinski definition) is 4. The molecule has 1 saturated heterocycles. The van der Waals surface area contributed by atoms with Crippen LogP contribution in [-0.2, 0) is 14.3 Å². The molecule has 2 rings (SSSR count). The Morgan fingerprint density at radius 2 is 1.92 bits per heavy atom. The number of piperazine rings is 1. The van der Waals surface area contributed by atoms with E-state index in [4.69, 9.17) is 4.74 Å². The zero-order valence-corrected chi connectivity index (χ0v) is 15.5. The molecule has 1 unspecified atom stereocenters. The summed E-state index contributed by atoms with van der Waals surface area (Å²) in [5, 5.41) is 2.80. The molecule has 0 bridgehead atoms. The predicted octanol–water partition coefficient (Wildman–Crippen LogP) is 1.82. The molecule has 1 atom stereocenters. The molecule has 0 aliphatic carbocycles. The van der Waals surface area contributed by atoms with Gasteiger partial charge in [0.1, 0.15) is 6.10 Å². The van der Waals surface area contributed by atoms with Crippen LogP contribution in [0.15, 0.2) is 43.0 Å². The summed E-state index contributed by atoms with van der Waals surface area (Å²) < 4.78 is 5.26. The summed E-state index contributed by atoms with van der Waals surface area (Å²) in [5.41, 5.74) is 1.20. The van der Waals surface area contributed by atoms with Crippen LogP contribution in [0, 0.1) is 0 Å². The third-order valence-corrected chi connectivity index (χ3v) is 4.45. The number of benzene rings is 1. The van der Waals surface area contributed by atoms with Gasteiger partial charge in [0.05, 0.1) is 6.61 Å². The van der Waals surface area contributed by atoms with Crippen LogP contribution in [0.5, 0.6) is 0 Å². The fourth-order valence-corrected chi connectivity index (χ4v) is 2.89. The molecule has 2 amide bonds. The van der Waals surface area contributed by atoms with Crippen molar-refractivity contribution in [1.82, 2.24) is 10.2 Å². The number of nitrogens with zero attached hydrogens (tertiary/aromatic N) is 2. The first-order chi connectivity index (χ1) is 12.6. The van der Waals surface area contributed by atoms with Crippen molar-refractivity contribution in [3.8, 4) is 0 Å². The van der Waals surface area contributed by atoms with E-state index in [2.05, 4.69) is 28.9 Å².